The summed E-state index contributed by atoms with van der Waals surface area (Å²) >= 11 is 0. The van der Waals surface area contributed by atoms with Crippen LogP contribution in [0.3, 0.4) is 0 Å². The largest absolute Gasteiger partial charge is 0.493 e. The number of rotatable bonds is 2. The van der Waals surface area contributed by atoms with Crippen LogP contribution in [0.15, 0.2) is 12.1 Å². The molecule has 22 heavy (non-hydrogen) atoms. The van der Waals surface area contributed by atoms with Crippen LogP contribution in [-0.2, 0) is 12.0 Å². The number of methoxy groups -OCH3 is 2. The van der Waals surface area contributed by atoms with Crippen molar-refractivity contribution in [3.8, 4) is 11.5 Å². The fourth-order valence-corrected chi connectivity index (χ4v) is 5.36. The molecule has 1 aromatic rings. The molecule has 0 bridgehead atoms. The summed E-state index contributed by atoms with van der Waals surface area (Å²) in [5.74, 6) is 2.87. The van der Waals surface area contributed by atoms with Gasteiger partial charge in [-0.1, -0.05) is 6.92 Å². The Kier molecular flexibility index (Phi) is 3.17. The normalized spacial score (nSPS) is 36.6. The molecule has 2 unspecified atom stereocenters. The second-order valence-electron chi connectivity index (χ2n) is 7.19. The summed E-state index contributed by atoms with van der Waals surface area (Å²) in [7, 11) is 3.39. The molecule has 1 saturated heterocycles. The Balaban J connectivity index is 1.90. The minimum absolute atomic E-state index is 0.00592. The maximum absolute atomic E-state index is 10.5. The van der Waals surface area contributed by atoms with Crippen LogP contribution in [-0.4, -0.2) is 37.0 Å². The number of aliphatic hydroxyl groups excluding tert-OH is 1. The molecule has 3 aliphatic rings. The number of nitrogens with zero attached hydrogens (tertiary/aromatic N) is 1. The van der Waals surface area contributed by atoms with Crippen LogP contribution in [0.25, 0.3) is 0 Å². The summed E-state index contributed by atoms with van der Waals surface area (Å²) < 4.78 is 11.0. The van der Waals surface area contributed by atoms with Gasteiger partial charge in [0.2, 0.25) is 0 Å². The van der Waals surface area contributed by atoms with E-state index < -0.39 is 0 Å². The van der Waals surface area contributed by atoms with Crippen molar-refractivity contribution < 1.29 is 14.6 Å². The Morgan fingerprint density at radius 1 is 1.18 bits per heavy atom. The van der Waals surface area contributed by atoms with Gasteiger partial charge in [0, 0.05) is 6.54 Å². The third-order valence-corrected chi connectivity index (χ3v) is 6.09. The Morgan fingerprint density at radius 3 is 2.64 bits per heavy atom. The van der Waals surface area contributed by atoms with E-state index in [4.69, 9.17) is 9.47 Å². The van der Waals surface area contributed by atoms with Gasteiger partial charge in [0.1, 0.15) is 6.23 Å². The number of hydrogen-bond donors (Lipinski definition) is 1. The highest BCUT2D eigenvalue weighted by atomic mass is 16.5. The van der Waals surface area contributed by atoms with E-state index in [2.05, 4.69) is 24.0 Å². The molecular weight excluding hydrogens is 278 g/mol. The summed E-state index contributed by atoms with van der Waals surface area (Å²) in [6.07, 6.45) is 3.92. The minimum atomic E-state index is -0.293. The zero-order valence-corrected chi connectivity index (χ0v) is 13.6. The van der Waals surface area contributed by atoms with Gasteiger partial charge in [-0.2, -0.15) is 0 Å². The lowest BCUT2D eigenvalue weighted by atomic mass is 9.75. The second kappa shape index (κ2) is 4.87. The molecule has 1 saturated carbocycles. The summed E-state index contributed by atoms with van der Waals surface area (Å²) in [5.41, 5.74) is 2.73. The highest BCUT2D eigenvalue weighted by molar-refractivity contribution is 5.52. The van der Waals surface area contributed by atoms with Crippen molar-refractivity contribution >= 4 is 0 Å². The molecule has 2 fully saturated rings. The van der Waals surface area contributed by atoms with Gasteiger partial charge < -0.3 is 14.6 Å². The van der Waals surface area contributed by atoms with Gasteiger partial charge in [-0.3, -0.25) is 4.90 Å². The zero-order chi connectivity index (χ0) is 15.5. The van der Waals surface area contributed by atoms with Crippen molar-refractivity contribution in [3.05, 3.63) is 23.3 Å². The van der Waals surface area contributed by atoms with Crippen molar-refractivity contribution in [1.29, 1.82) is 0 Å². The SMILES string of the molecule is COc1cc2c(cc1OC)[C@@]13C[C@H](C)CC1CC(O)N3CC2. The van der Waals surface area contributed by atoms with Crippen LogP contribution in [0.1, 0.15) is 37.3 Å². The minimum Gasteiger partial charge on any atom is -0.493 e. The fraction of sp³-hybridized carbons (Fsp3) is 0.667. The highest BCUT2D eigenvalue weighted by Gasteiger charge is 2.59. The lowest BCUT2D eigenvalue weighted by molar-refractivity contribution is -0.0324. The predicted octanol–water partition coefficient (Wildman–Crippen LogP) is 2.53. The molecule has 1 spiro atoms. The molecule has 4 atom stereocenters. The Morgan fingerprint density at radius 2 is 1.91 bits per heavy atom. The lowest BCUT2D eigenvalue weighted by Crippen LogP contribution is -2.50. The van der Waals surface area contributed by atoms with Gasteiger partial charge in [-0.15, -0.1) is 0 Å². The molecule has 120 valence electrons. The molecule has 1 aliphatic carbocycles. The van der Waals surface area contributed by atoms with Crippen molar-refractivity contribution in [2.24, 2.45) is 11.8 Å². The van der Waals surface area contributed by atoms with Gasteiger partial charge >= 0.3 is 0 Å². The Bertz CT molecular complexity index is 602. The first kappa shape index (κ1) is 14.3. The summed E-state index contributed by atoms with van der Waals surface area (Å²) in [5, 5.41) is 10.5. The molecule has 0 aromatic heterocycles. The van der Waals surface area contributed by atoms with Gasteiger partial charge in [-0.25, -0.2) is 0 Å². The number of benzene rings is 1. The van der Waals surface area contributed by atoms with Gasteiger partial charge in [0.05, 0.1) is 19.8 Å². The monoisotopic (exact) mass is 303 g/mol. The van der Waals surface area contributed by atoms with Crippen LogP contribution < -0.4 is 9.47 Å². The van der Waals surface area contributed by atoms with Gasteiger partial charge in [0.15, 0.2) is 11.5 Å². The maximum Gasteiger partial charge on any atom is 0.161 e. The summed E-state index contributed by atoms with van der Waals surface area (Å²) in [4.78, 5) is 2.36. The molecule has 4 nitrogen and oxygen atoms in total. The molecule has 2 heterocycles. The molecule has 4 heteroatoms. The van der Waals surface area contributed by atoms with E-state index in [-0.39, 0.29) is 11.8 Å². The third kappa shape index (κ3) is 1.71. The quantitative estimate of drug-likeness (QED) is 0.911. The predicted molar refractivity (Wildman–Crippen MR) is 84.1 cm³/mol. The van der Waals surface area contributed by atoms with E-state index >= 15 is 0 Å². The van der Waals surface area contributed by atoms with Gasteiger partial charge in [-0.05, 0) is 60.8 Å². The van der Waals surface area contributed by atoms with E-state index in [0.29, 0.717) is 11.8 Å². The van der Waals surface area contributed by atoms with E-state index in [1.807, 2.05) is 0 Å². The van der Waals surface area contributed by atoms with Crippen molar-refractivity contribution in [1.82, 2.24) is 4.90 Å². The first-order valence-corrected chi connectivity index (χ1v) is 8.30. The standard InChI is InChI=1S/C18H25NO3/c1-11-6-13-8-17(20)19-5-4-12-7-15(21-2)16(22-3)9-14(12)18(13,19)10-11/h7,9,11,13,17,20H,4-6,8,10H2,1-3H3/t11-,13?,17?,18-/m1/s1. The number of fused-ring (bicyclic) bond motifs is 1. The lowest BCUT2D eigenvalue weighted by Gasteiger charge is -2.45. The van der Waals surface area contributed by atoms with E-state index in [1.165, 1.54) is 17.5 Å². The fourth-order valence-electron chi connectivity index (χ4n) is 5.36. The van der Waals surface area contributed by atoms with Gasteiger partial charge in [0.25, 0.3) is 0 Å². The van der Waals surface area contributed by atoms with Crippen LogP contribution in [0.5, 0.6) is 11.5 Å². The van der Waals surface area contributed by atoms with Crippen LogP contribution >= 0.6 is 0 Å². The molecule has 4 rings (SSSR count). The Labute approximate surface area is 132 Å². The van der Waals surface area contributed by atoms with E-state index in [9.17, 15) is 5.11 Å². The summed E-state index contributed by atoms with van der Waals surface area (Å²) in [6, 6.07) is 4.31. The average molecular weight is 303 g/mol. The molecular formula is C18H25NO3. The van der Waals surface area contributed by atoms with E-state index in [1.54, 1.807) is 14.2 Å². The smallest absolute Gasteiger partial charge is 0.161 e. The van der Waals surface area contributed by atoms with Crippen molar-refractivity contribution in [3.63, 3.8) is 0 Å². The number of ether oxygens (including phenoxy) is 2. The number of aliphatic hydroxyl groups is 1. The molecule has 1 aromatic carbocycles. The van der Waals surface area contributed by atoms with Crippen LogP contribution in [0.4, 0.5) is 0 Å². The second-order valence-corrected chi connectivity index (χ2v) is 7.19. The zero-order valence-electron chi connectivity index (χ0n) is 13.6. The topological polar surface area (TPSA) is 41.9 Å². The molecule has 2 aliphatic heterocycles. The molecule has 0 radical (unpaired) electrons. The van der Waals surface area contributed by atoms with Crippen LogP contribution in [0.2, 0.25) is 0 Å². The van der Waals surface area contributed by atoms with Crippen LogP contribution in [0, 0.1) is 11.8 Å². The van der Waals surface area contributed by atoms with E-state index in [0.717, 1.165) is 37.3 Å². The molecule has 1 N–H and O–H groups in total. The molecule has 0 amide bonds. The highest BCUT2D eigenvalue weighted by Crippen LogP contribution is 2.60. The first-order chi connectivity index (χ1) is 10.6. The maximum atomic E-state index is 10.5. The Hall–Kier alpha value is -1.26. The van der Waals surface area contributed by atoms with Crippen molar-refractivity contribution in [2.75, 3.05) is 20.8 Å². The average Bonchev–Trinajstić information content (AvgIpc) is 2.95. The third-order valence-electron chi connectivity index (χ3n) is 6.09. The first-order valence-electron chi connectivity index (χ1n) is 8.30. The number of hydrogen-bond acceptors (Lipinski definition) is 4. The summed E-state index contributed by atoms with van der Waals surface area (Å²) in [6.45, 7) is 3.28. The van der Waals surface area contributed by atoms with Crippen molar-refractivity contribution in [2.45, 2.75) is 44.4 Å².